The average Bonchev–Trinajstić information content (AvgIpc) is 2.86. The number of amides is 1. The molecule has 2 rings (SSSR count). The zero-order valence-corrected chi connectivity index (χ0v) is 11.0. The van der Waals surface area contributed by atoms with Crippen LogP contribution in [0.5, 0.6) is 0 Å². The monoisotopic (exact) mass is 263 g/mol. The fourth-order valence-corrected chi connectivity index (χ4v) is 1.88. The molecular weight excluding hydrogens is 250 g/mol. The summed E-state index contributed by atoms with van der Waals surface area (Å²) in [6.07, 6.45) is 3.45. The molecule has 2 N–H and O–H groups in total. The van der Waals surface area contributed by atoms with Gasteiger partial charge in [0, 0.05) is 22.3 Å². The van der Waals surface area contributed by atoms with Gasteiger partial charge in [-0.25, -0.2) is 0 Å². The lowest BCUT2D eigenvalue weighted by molar-refractivity contribution is 0.0939. The Kier molecular flexibility index (Phi) is 3.67. The van der Waals surface area contributed by atoms with Crippen LogP contribution in [0.15, 0.2) is 30.6 Å². The van der Waals surface area contributed by atoms with Crippen molar-refractivity contribution in [2.24, 2.45) is 0 Å². The molecular formula is C13H14ClN3O. The summed E-state index contributed by atoms with van der Waals surface area (Å²) < 4.78 is 0. The summed E-state index contributed by atoms with van der Waals surface area (Å²) >= 11 is 6.00. The third-order valence-electron chi connectivity index (χ3n) is 2.88. The van der Waals surface area contributed by atoms with Gasteiger partial charge in [0.15, 0.2) is 0 Å². The number of carbonyl (C=O) groups is 1. The Balaban J connectivity index is 2.15. The van der Waals surface area contributed by atoms with Crippen LogP contribution in [0.2, 0.25) is 5.02 Å². The largest absolute Gasteiger partial charge is 0.345 e. The minimum Gasteiger partial charge on any atom is -0.345 e. The van der Waals surface area contributed by atoms with Gasteiger partial charge in [0.2, 0.25) is 0 Å². The lowest BCUT2D eigenvalue weighted by Gasteiger charge is -2.13. The lowest BCUT2D eigenvalue weighted by Crippen LogP contribution is -2.27. The Morgan fingerprint density at radius 3 is 2.94 bits per heavy atom. The molecule has 0 radical (unpaired) electrons. The summed E-state index contributed by atoms with van der Waals surface area (Å²) in [5.41, 5.74) is 2.32. The quantitative estimate of drug-likeness (QED) is 0.895. The molecule has 0 spiro atoms. The molecule has 4 nitrogen and oxygen atoms in total. The Hall–Kier alpha value is -1.81. The second-order valence-corrected chi connectivity index (χ2v) is 4.55. The second-order valence-electron chi connectivity index (χ2n) is 4.14. The number of H-pyrrole nitrogens is 1. The average molecular weight is 264 g/mol. The molecule has 1 aromatic carbocycles. The zero-order chi connectivity index (χ0) is 13.1. The van der Waals surface area contributed by atoms with E-state index in [1.54, 1.807) is 30.6 Å². The standard InChI is InChI=1S/C13H14ClN3O/c1-8-11(4-3-5-12(8)14)13(18)17-9(2)10-6-15-16-7-10/h3-7,9H,1-2H3,(H,15,16)(H,17,18). The highest BCUT2D eigenvalue weighted by atomic mass is 35.5. The van der Waals surface area contributed by atoms with Gasteiger partial charge in [-0.2, -0.15) is 5.10 Å². The summed E-state index contributed by atoms with van der Waals surface area (Å²) in [5, 5.41) is 10.1. The summed E-state index contributed by atoms with van der Waals surface area (Å²) in [4.78, 5) is 12.1. The molecule has 94 valence electrons. The van der Waals surface area contributed by atoms with Crippen LogP contribution in [0.25, 0.3) is 0 Å². The topological polar surface area (TPSA) is 57.8 Å². The SMILES string of the molecule is Cc1c(Cl)cccc1C(=O)NC(C)c1cn[nH]c1. The molecule has 0 bridgehead atoms. The molecule has 1 amide bonds. The Bertz CT molecular complexity index is 551. The van der Waals surface area contributed by atoms with Crippen LogP contribution in [0.3, 0.4) is 0 Å². The maximum atomic E-state index is 12.1. The molecule has 0 aliphatic carbocycles. The van der Waals surface area contributed by atoms with Gasteiger partial charge in [0.25, 0.3) is 5.91 Å². The molecule has 0 fully saturated rings. The number of benzene rings is 1. The molecule has 1 heterocycles. The molecule has 0 aliphatic heterocycles. The van der Waals surface area contributed by atoms with Crippen LogP contribution in [0.4, 0.5) is 0 Å². The first-order chi connectivity index (χ1) is 8.59. The zero-order valence-electron chi connectivity index (χ0n) is 10.2. The van der Waals surface area contributed by atoms with Gasteiger partial charge in [-0.1, -0.05) is 17.7 Å². The number of nitrogens with zero attached hydrogens (tertiary/aromatic N) is 1. The van der Waals surface area contributed by atoms with Gasteiger partial charge in [0.1, 0.15) is 0 Å². The number of aromatic nitrogens is 2. The number of rotatable bonds is 3. The molecule has 0 aliphatic rings. The fourth-order valence-electron chi connectivity index (χ4n) is 1.71. The third-order valence-corrected chi connectivity index (χ3v) is 3.29. The van der Waals surface area contributed by atoms with E-state index in [9.17, 15) is 4.79 Å². The van der Waals surface area contributed by atoms with Crippen LogP contribution >= 0.6 is 11.6 Å². The van der Waals surface area contributed by atoms with Crippen molar-refractivity contribution in [1.29, 1.82) is 0 Å². The first-order valence-electron chi connectivity index (χ1n) is 5.64. The molecule has 1 atom stereocenters. The van der Waals surface area contributed by atoms with Gasteiger partial charge < -0.3 is 5.32 Å². The number of carbonyl (C=O) groups excluding carboxylic acids is 1. The highest BCUT2D eigenvalue weighted by Gasteiger charge is 2.14. The lowest BCUT2D eigenvalue weighted by atomic mass is 10.1. The predicted octanol–water partition coefficient (Wildman–Crippen LogP) is 2.86. The minimum absolute atomic E-state index is 0.102. The van der Waals surface area contributed by atoms with E-state index in [2.05, 4.69) is 15.5 Å². The van der Waals surface area contributed by atoms with Crippen LogP contribution in [0.1, 0.15) is 34.5 Å². The first kappa shape index (κ1) is 12.6. The van der Waals surface area contributed by atoms with E-state index in [4.69, 9.17) is 11.6 Å². The Morgan fingerprint density at radius 2 is 2.28 bits per heavy atom. The van der Waals surface area contributed by atoms with Crippen molar-refractivity contribution in [3.05, 3.63) is 52.3 Å². The van der Waals surface area contributed by atoms with Crippen LogP contribution in [-0.2, 0) is 0 Å². The van der Waals surface area contributed by atoms with Crippen molar-refractivity contribution in [2.45, 2.75) is 19.9 Å². The molecule has 0 saturated heterocycles. The van der Waals surface area contributed by atoms with Crippen molar-refractivity contribution in [1.82, 2.24) is 15.5 Å². The number of hydrogen-bond acceptors (Lipinski definition) is 2. The van der Waals surface area contributed by atoms with Crippen LogP contribution in [0, 0.1) is 6.92 Å². The predicted molar refractivity (Wildman–Crippen MR) is 70.7 cm³/mol. The number of hydrogen-bond donors (Lipinski definition) is 2. The van der Waals surface area contributed by atoms with Crippen molar-refractivity contribution >= 4 is 17.5 Å². The second kappa shape index (κ2) is 5.23. The minimum atomic E-state index is -0.135. The van der Waals surface area contributed by atoms with Gasteiger partial charge in [-0.05, 0) is 31.5 Å². The summed E-state index contributed by atoms with van der Waals surface area (Å²) in [7, 11) is 0. The summed E-state index contributed by atoms with van der Waals surface area (Å²) in [6.45, 7) is 3.74. The Labute approximate surface area is 110 Å². The maximum absolute atomic E-state index is 12.1. The van der Waals surface area contributed by atoms with Crippen molar-refractivity contribution in [3.8, 4) is 0 Å². The van der Waals surface area contributed by atoms with Gasteiger partial charge in [-0.15, -0.1) is 0 Å². The van der Waals surface area contributed by atoms with E-state index >= 15 is 0 Å². The van der Waals surface area contributed by atoms with Gasteiger partial charge >= 0.3 is 0 Å². The van der Waals surface area contributed by atoms with Crippen LogP contribution < -0.4 is 5.32 Å². The summed E-state index contributed by atoms with van der Waals surface area (Å²) in [5.74, 6) is -0.135. The molecule has 2 aromatic rings. The highest BCUT2D eigenvalue weighted by Crippen LogP contribution is 2.19. The Morgan fingerprint density at radius 1 is 1.50 bits per heavy atom. The molecule has 0 saturated carbocycles. The molecule has 5 heteroatoms. The smallest absolute Gasteiger partial charge is 0.252 e. The first-order valence-corrected chi connectivity index (χ1v) is 6.02. The van der Waals surface area contributed by atoms with E-state index in [0.717, 1.165) is 11.1 Å². The van der Waals surface area contributed by atoms with E-state index in [0.29, 0.717) is 10.6 Å². The fraction of sp³-hybridized carbons (Fsp3) is 0.231. The number of aromatic amines is 1. The molecule has 1 aromatic heterocycles. The van der Waals surface area contributed by atoms with Crippen LogP contribution in [-0.4, -0.2) is 16.1 Å². The third kappa shape index (κ3) is 2.54. The van der Waals surface area contributed by atoms with Gasteiger partial charge in [-0.3, -0.25) is 9.89 Å². The van der Waals surface area contributed by atoms with E-state index in [1.807, 2.05) is 13.8 Å². The highest BCUT2D eigenvalue weighted by molar-refractivity contribution is 6.31. The van der Waals surface area contributed by atoms with Crippen molar-refractivity contribution in [3.63, 3.8) is 0 Å². The molecule has 1 unspecified atom stereocenters. The van der Waals surface area contributed by atoms with E-state index in [-0.39, 0.29) is 11.9 Å². The van der Waals surface area contributed by atoms with Gasteiger partial charge in [0.05, 0.1) is 12.2 Å². The number of halogens is 1. The van der Waals surface area contributed by atoms with Crippen molar-refractivity contribution in [2.75, 3.05) is 0 Å². The van der Waals surface area contributed by atoms with Crippen molar-refractivity contribution < 1.29 is 4.79 Å². The molecule has 18 heavy (non-hydrogen) atoms. The van der Waals surface area contributed by atoms with E-state index < -0.39 is 0 Å². The normalized spacial score (nSPS) is 12.2. The number of nitrogens with one attached hydrogen (secondary N) is 2. The van der Waals surface area contributed by atoms with E-state index in [1.165, 1.54) is 0 Å². The maximum Gasteiger partial charge on any atom is 0.252 e. The summed E-state index contributed by atoms with van der Waals surface area (Å²) in [6, 6.07) is 5.20.